The van der Waals surface area contributed by atoms with Gasteiger partial charge >= 0.3 is 5.97 Å². The fourth-order valence-corrected chi connectivity index (χ4v) is 1.75. The van der Waals surface area contributed by atoms with Gasteiger partial charge in [-0.2, -0.15) is 0 Å². The predicted octanol–water partition coefficient (Wildman–Crippen LogP) is 1.59. The summed E-state index contributed by atoms with van der Waals surface area (Å²) < 4.78 is 4.89. The SMILES string of the molecule is CCOC(=O)/C=C1\CCCN(C)C1C. The van der Waals surface area contributed by atoms with Crippen molar-refractivity contribution in [2.24, 2.45) is 0 Å². The first-order chi connectivity index (χ1) is 6.65. The summed E-state index contributed by atoms with van der Waals surface area (Å²) in [6, 6.07) is 0.369. The van der Waals surface area contributed by atoms with Crippen molar-refractivity contribution in [3.8, 4) is 0 Å². The van der Waals surface area contributed by atoms with Gasteiger partial charge in [-0.05, 0) is 45.9 Å². The monoisotopic (exact) mass is 197 g/mol. The van der Waals surface area contributed by atoms with Crippen LogP contribution in [-0.2, 0) is 9.53 Å². The largest absolute Gasteiger partial charge is 0.463 e. The molecule has 0 saturated carbocycles. The van der Waals surface area contributed by atoms with Gasteiger partial charge in [0.2, 0.25) is 0 Å². The molecule has 1 aliphatic heterocycles. The van der Waals surface area contributed by atoms with Crippen molar-refractivity contribution in [2.45, 2.75) is 32.7 Å². The van der Waals surface area contributed by atoms with E-state index < -0.39 is 0 Å². The van der Waals surface area contributed by atoms with E-state index in [0.717, 1.165) is 19.4 Å². The molecular formula is C11H19NO2. The molecule has 1 aliphatic rings. The number of nitrogens with zero attached hydrogens (tertiary/aromatic N) is 1. The number of hydrogen-bond donors (Lipinski definition) is 0. The van der Waals surface area contributed by atoms with E-state index in [-0.39, 0.29) is 5.97 Å². The van der Waals surface area contributed by atoms with Crippen LogP contribution >= 0.6 is 0 Å². The molecule has 80 valence electrons. The van der Waals surface area contributed by atoms with E-state index in [9.17, 15) is 4.79 Å². The van der Waals surface area contributed by atoms with Crippen LogP contribution in [0.15, 0.2) is 11.6 Å². The van der Waals surface area contributed by atoms with Crippen molar-refractivity contribution >= 4 is 5.97 Å². The highest BCUT2D eigenvalue weighted by atomic mass is 16.5. The second-order valence-corrected chi connectivity index (χ2v) is 3.73. The molecule has 0 aromatic heterocycles. The Morgan fingerprint density at radius 3 is 3.07 bits per heavy atom. The lowest BCUT2D eigenvalue weighted by molar-refractivity contribution is -0.137. The van der Waals surface area contributed by atoms with E-state index in [0.29, 0.717) is 12.6 Å². The summed E-state index contributed by atoms with van der Waals surface area (Å²) in [5.74, 6) is -0.204. The van der Waals surface area contributed by atoms with Crippen molar-refractivity contribution < 1.29 is 9.53 Å². The molecule has 1 fully saturated rings. The second kappa shape index (κ2) is 5.15. The topological polar surface area (TPSA) is 29.5 Å². The van der Waals surface area contributed by atoms with Gasteiger partial charge < -0.3 is 4.74 Å². The fraction of sp³-hybridized carbons (Fsp3) is 0.727. The van der Waals surface area contributed by atoms with Gasteiger partial charge in [0.15, 0.2) is 0 Å². The van der Waals surface area contributed by atoms with Gasteiger partial charge in [0, 0.05) is 12.1 Å². The first kappa shape index (κ1) is 11.2. The van der Waals surface area contributed by atoms with E-state index in [1.54, 1.807) is 6.08 Å². The molecule has 1 atom stereocenters. The molecule has 3 heteroatoms. The highest BCUT2D eigenvalue weighted by Crippen LogP contribution is 2.20. The maximum Gasteiger partial charge on any atom is 0.330 e. The number of likely N-dealkylation sites (tertiary alicyclic amines) is 1. The van der Waals surface area contributed by atoms with Gasteiger partial charge in [-0.3, -0.25) is 4.90 Å². The summed E-state index contributed by atoms with van der Waals surface area (Å²) in [5.41, 5.74) is 1.19. The minimum atomic E-state index is -0.204. The molecule has 0 aromatic rings. The van der Waals surface area contributed by atoms with Crippen molar-refractivity contribution in [1.82, 2.24) is 4.90 Å². The normalized spacial score (nSPS) is 26.5. The summed E-state index contributed by atoms with van der Waals surface area (Å²) in [5, 5.41) is 0. The van der Waals surface area contributed by atoms with Crippen molar-refractivity contribution in [3.05, 3.63) is 11.6 Å². The summed E-state index contributed by atoms with van der Waals surface area (Å²) >= 11 is 0. The van der Waals surface area contributed by atoms with E-state index in [1.165, 1.54) is 5.57 Å². The van der Waals surface area contributed by atoms with Crippen molar-refractivity contribution in [3.63, 3.8) is 0 Å². The van der Waals surface area contributed by atoms with Crippen LogP contribution in [0.5, 0.6) is 0 Å². The maximum absolute atomic E-state index is 11.2. The standard InChI is InChI=1S/C11H19NO2/c1-4-14-11(13)8-10-6-5-7-12(3)9(10)2/h8-9H,4-7H2,1-3H3/b10-8+. The van der Waals surface area contributed by atoms with E-state index >= 15 is 0 Å². The third-order valence-corrected chi connectivity index (χ3v) is 2.76. The molecule has 0 spiro atoms. The van der Waals surface area contributed by atoms with Crippen LogP contribution in [0.1, 0.15) is 26.7 Å². The van der Waals surface area contributed by atoms with Crippen LogP contribution < -0.4 is 0 Å². The molecule has 1 heterocycles. The Bertz CT molecular complexity index is 235. The molecule has 1 saturated heterocycles. The minimum absolute atomic E-state index is 0.204. The molecule has 0 radical (unpaired) electrons. The summed E-state index contributed by atoms with van der Waals surface area (Å²) in [6.07, 6.45) is 3.81. The average Bonchev–Trinajstić information content (AvgIpc) is 2.13. The Labute approximate surface area is 85.7 Å². The number of piperidine rings is 1. The molecule has 0 aromatic carbocycles. The molecule has 1 unspecified atom stereocenters. The number of ether oxygens (including phenoxy) is 1. The highest BCUT2D eigenvalue weighted by molar-refractivity contribution is 5.83. The predicted molar refractivity (Wildman–Crippen MR) is 56.0 cm³/mol. The first-order valence-electron chi connectivity index (χ1n) is 5.22. The minimum Gasteiger partial charge on any atom is -0.463 e. The molecular weight excluding hydrogens is 178 g/mol. The molecule has 3 nitrogen and oxygen atoms in total. The molecule has 14 heavy (non-hydrogen) atoms. The Morgan fingerprint density at radius 1 is 1.71 bits per heavy atom. The van der Waals surface area contributed by atoms with E-state index in [1.807, 2.05) is 6.92 Å². The van der Waals surface area contributed by atoms with Crippen molar-refractivity contribution in [1.29, 1.82) is 0 Å². The van der Waals surface area contributed by atoms with Crippen LogP contribution in [-0.4, -0.2) is 37.1 Å². The second-order valence-electron chi connectivity index (χ2n) is 3.73. The Hall–Kier alpha value is -0.830. The number of likely N-dealkylation sites (N-methyl/N-ethyl adjacent to an activating group) is 1. The van der Waals surface area contributed by atoms with Gasteiger partial charge in [-0.15, -0.1) is 0 Å². The summed E-state index contributed by atoms with van der Waals surface area (Å²) in [6.45, 7) is 5.52. The molecule has 0 N–H and O–H groups in total. The average molecular weight is 197 g/mol. The Balaban J connectivity index is 2.61. The Morgan fingerprint density at radius 2 is 2.43 bits per heavy atom. The van der Waals surface area contributed by atoms with Gasteiger partial charge in [0.05, 0.1) is 6.61 Å². The number of esters is 1. The first-order valence-corrected chi connectivity index (χ1v) is 5.22. The molecule has 0 bridgehead atoms. The third kappa shape index (κ3) is 2.84. The number of hydrogen-bond acceptors (Lipinski definition) is 3. The van der Waals surface area contributed by atoms with E-state index in [4.69, 9.17) is 4.74 Å². The van der Waals surface area contributed by atoms with Gasteiger partial charge in [-0.25, -0.2) is 4.79 Å². The quantitative estimate of drug-likeness (QED) is 0.497. The van der Waals surface area contributed by atoms with Gasteiger partial charge in [0.1, 0.15) is 0 Å². The van der Waals surface area contributed by atoms with Crippen LogP contribution in [0.2, 0.25) is 0 Å². The number of rotatable bonds is 2. The molecule has 1 rings (SSSR count). The van der Waals surface area contributed by atoms with Crippen LogP contribution in [0.25, 0.3) is 0 Å². The third-order valence-electron chi connectivity index (χ3n) is 2.76. The zero-order valence-corrected chi connectivity index (χ0v) is 9.25. The fourth-order valence-electron chi connectivity index (χ4n) is 1.75. The maximum atomic E-state index is 11.2. The van der Waals surface area contributed by atoms with Crippen LogP contribution in [0.4, 0.5) is 0 Å². The van der Waals surface area contributed by atoms with Crippen LogP contribution in [0, 0.1) is 0 Å². The lowest BCUT2D eigenvalue weighted by atomic mass is 9.97. The summed E-state index contributed by atoms with van der Waals surface area (Å²) in [4.78, 5) is 13.5. The zero-order chi connectivity index (χ0) is 10.6. The van der Waals surface area contributed by atoms with Crippen molar-refractivity contribution in [2.75, 3.05) is 20.2 Å². The number of carbonyl (C=O) groups excluding carboxylic acids is 1. The molecule has 0 amide bonds. The van der Waals surface area contributed by atoms with E-state index in [2.05, 4.69) is 18.9 Å². The molecule has 0 aliphatic carbocycles. The van der Waals surface area contributed by atoms with Gasteiger partial charge in [-0.1, -0.05) is 0 Å². The highest BCUT2D eigenvalue weighted by Gasteiger charge is 2.19. The smallest absolute Gasteiger partial charge is 0.330 e. The zero-order valence-electron chi connectivity index (χ0n) is 9.25. The summed E-state index contributed by atoms with van der Waals surface area (Å²) in [7, 11) is 2.09. The lowest BCUT2D eigenvalue weighted by Gasteiger charge is -2.31. The number of carbonyl (C=O) groups is 1. The Kier molecular flexibility index (Phi) is 4.14. The lowest BCUT2D eigenvalue weighted by Crippen LogP contribution is -2.36. The van der Waals surface area contributed by atoms with Crippen LogP contribution in [0.3, 0.4) is 0 Å². The van der Waals surface area contributed by atoms with Gasteiger partial charge in [0.25, 0.3) is 0 Å².